The molecule has 0 saturated carbocycles. The highest BCUT2D eigenvalue weighted by molar-refractivity contribution is 5.90. The summed E-state index contributed by atoms with van der Waals surface area (Å²) in [5.74, 6) is 6.80. The summed E-state index contributed by atoms with van der Waals surface area (Å²) in [5, 5.41) is 11.9. The van der Waals surface area contributed by atoms with E-state index in [0.717, 1.165) is 23.1 Å². The molecule has 0 spiro atoms. The molecule has 1 aliphatic rings. The first-order valence-electron chi connectivity index (χ1n) is 10.4. The Morgan fingerprint density at radius 2 is 1.52 bits per heavy atom. The zero-order valence-electron chi connectivity index (χ0n) is 17.4. The molecule has 4 nitrogen and oxygen atoms in total. The summed E-state index contributed by atoms with van der Waals surface area (Å²) in [6, 6.07) is 27.0. The maximum Gasteiger partial charge on any atom is 0.322 e. The lowest BCUT2D eigenvalue weighted by atomic mass is 10.00. The maximum atomic E-state index is 13.0. The van der Waals surface area contributed by atoms with Gasteiger partial charge in [-0.1, -0.05) is 49.1 Å². The molecule has 4 heteroatoms. The van der Waals surface area contributed by atoms with Crippen LogP contribution in [0.5, 0.6) is 0 Å². The molecule has 1 aliphatic heterocycles. The van der Waals surface area contributed by atoms with E-state index in [-0.39, 0.29) is 12.1 Å². The van der Waals surface area contributed by atoms with Crippen molar-refractivity contribution >= 4 is 11.7 Å². The molecule has 1 N–H and O–H groups in total. The molecule has 0 radical (unpaired) electrons. The van der Waals surface area contributed by atoms with Crippen molar-refractivity contribution in [2.24, 2.45) is 5.92 Å². The highest BCUT2D eigenvalue weighted by atomic mass is 16.2. The summed E-state index contributed by atoms with van der Waals surface area (Å²) in [6.07, 6.45) is 0.926. The number of carbonyl (C=O) groups is 1. The Morgan fingerprint density at radius 3 is 2.16 bits per heavy atom. The zero-order valence-corrected chi connectivity index (χ0v) is 17.4. The van der Waals surface area contributed by atoms with Crippen LogP contribution < -0.4 is 5.32 Å². The molecule has 1 unspecified atom stereocenters. The van der Waals surface area contributed by atoms with E-state index in [1.807, 2.05) is 47.4 Å². The van der Waals surface area contributed by atoms with Gasteiger partial charge in [-0.05, 0) is 66.4 Å². The van der Waals surface area contributed by atoms with Crippen molar-refractivity contribution < 1.29 is 4.79 Å². The van der Waals surface area contributed by atoms with Crippen molar-refractivity contribution in [3.8, 4) is 17.9 Å². The molecule has 31 heavy (non-hydrogen) atoms. The van der Waals surface area contributed by atoms with Gasteiger partial charge in [-0.25, -0.2) is 4.79 Å². The quantitative estimate of drug-likeness (QED) is 0.567. The van der Waals surface area contributed by atoms with E-state index >= 15 is 0 Å². The molecule has 1 fully saturated rings. The number of hydrogen-bond donors (Lipinski definition) is 1. The fourth-order valence-corrected chi connectivity index (χ4v) is 3.86. The Kier molecular flexibility index (Phi) is 6.01. The molecular weight excluding hydrogens is 382 g/mol. The van der Waals surface area contributed by atoms with Crippen molar-refractivity contribution in [3.05, 3.63) is 101 Å². The molecule has 4 rings (SSSR count). The van der Waals surface area contributed by atoms with Crippen molar-refractivity contribution in [2.75, 3.05) is 11.9 Å². The second-order valence-electron chi connectivity index (χ2n) is 7.87. The molecule has 1 saturated heterocycles. The fraction of sp³-hybridized carbons (Fsp3) is 0.185. The standard InChI is InChI=1S/C27H23N3O/c1-20-17-26(30(19-20)27(31)29-25-15-11-23(18-28)12-16-25)24-13-9-22(10-14-24)8-7-21-5-3-2-4-6-21/h2-6,9-16,20,26H,17,19H2,1H3,(H,29,31)/t20?,26-/m0/s1. The minimum Gasteiger partial charge on any atom is -0.317 e. The first-order valence-corrected chi connectivity index (χ1v) is 10.4. The third-order valence-corrected chi connectivity index (χ3v) is 5.46. The van der Waals surface area contributed by atoms with Crippen LogP contribution in [0.2, 0.25) is 0 Å². The molecule has 3 aromatic carbocycles. The second kappa shape index (κ2) is 9.20. The summed E-state index contributed by atoms with van der Waals surface area (Å²) in [5.41, 5.74) is 4.31. The summed E-state index contributed by atoms with van der Waals surface area (Å²) in [6.45, 7) is 2.88. The molecule has 3 aromatic rings. The lowest BCUT2D eigenvalue weighted by molar-refractivity contribution is 0.206. The van der Waals surface area contributed by atoms with Gasteiger partial charge in [0.25, 0.3) is 0 Å². The smallest absolute Gasteiger partial charge is 0.317 e. The molecule has 0 aromatic heterocycles. The molecular formula is C27H23N3O. The third kappa shape index (κ3) is 4.94. The van der Waals surface area contributed by atoms with Crippen LogP contribution in [0, 0.1) is 29.1 Å². The molecule has 152 valence electrons. The molecule has 0 bridgehead atoms. The summed E-state index contributed by atoms with van der Waals surface area (Å²) in [4.78, 5) is 14.8. The van der Waals surface area contributed by atoms with E-state index in [9.17, 15) is 4.79 Å². The Labute approximate surface area is 183 Å². The van der Waals surface area contributed by atoms with Crippen LogP contribution in [0.4, 0.5) is 10.5 Å². The number of nitrogens with zero attached hydrogens (tertiary/aromatic N) is 2. The predicted octanol–water partition coefficient (Wildman–Crippen LogP) is 5.57. The number of likely N-dealkylation sites (tertiary alicyclic amines) is 1. The van der Waals surface area contributed by atoms with Gasteiger partial charge in [-0.15, -0.1) is 0 Å². The number of urea groups is 1. The predicted molar refractivity (Wildman–Crippen MR) is 122 cm³/mol. The summed E-state index contributed by atoms with van der Waals surface area (Å²) < 4.78 is 0. The zero-order chi connectivity index (χ0) is 21.6. The normalized spacial score (nSPS) is 17.4. The number of anilines is 1. The van der Waals surface area contributed by atoms with Crippen LogP contribution in [0.25, 0.3) is 0 Å². The van der Waals surface area contributed by atoms with E-state index < -0.39 is 0 Å². The number of rotatable bonds is 2. The van der Waals surface area contributed by atoms with E-state index in [4.69, 9.17) is 5.26 Å². The average molecular weight is 406 g/mol. The molecule has 1 heterocycles. The monoisotopic (exact) mass is 405 g/mol. The second-order valence-corrected chi connectivity index (χ2v) is 7.87. The van der Waals surface area contributed by atoms with Crippen LogP contribution in [0.3, 0.4) is 0 Å². The highest BCUT2D eigenvalue weighted by Crippen LogP contribution is 2.35. The first kappa shape index (κ1) is 20.3. The van der Waals surface area contributed by atoms with Gasteiger partial charge < -0.3 is 10.2 Å². The van der Waals surface area contributed by atoms with Crippen LogP contribution >= 0.6 is 0 Å². The number of nitriles is 1. The summed E-state index contributed by atoms with van der Waals surface area (Å²) >= 11 is 0. The van der Waals surface area contributed by atoms with Crippen LogP contribution in [0.1, 0.15) is 41.6 Å². The average Bonchev–Trinajstić information content (AvgIpc) is 3.21. The number of amides is 2. The van der Waals surface area contributed by atoms with Crippen LogP contribution in [0.15, 0.2) is 78.9 Å². The first-order chi connectivity index (χ1) is 15.1. The van der Waals surface area contributed by atoms with E-state index in [2.05, 4.69) is 42.3 Å². The minimum atomic E-state index is -0.119. The molecule has 0 aliphatic carbocycles. The highest BCUT2D eigenvalue weighted by Gasteiger charge is 2.34. The lowest BCUT2D eigenvalue weighted by Gasteiger charge is -2.25. The third-order valence-electron chi connectivity index (χ3n) is 5.46. The Morgan fingerprint density at radius 1 is 0.903 bits per heavy atom. The fourth-order valence-electron chi connectivity index (χ4n) is 3.86. The van der Waals surface area contributed by atoms with Crippen LogP contribution in [-0.4, -0.2) is 17.5 Å². The van der Waals surface area contributed by atoms with E-state index in [1.54, 1.807) is 24.3 Å². The number of carbonyl (C=O) groups excluding carboxylic acids is 1. The number of benzene rings is 3. The molecule has 2 atom stereocenters. The van der Waals surface area contributed by atoms with Crippen molar-refractivity contribution in [3.63, 3.8) is 0 Å². The number of hydrogen-bond acceptors (Lipinski definition) is 2. The van der Waals surface area contributed by atoms with Gasteiger partial charge in [-0.3, -0.25) is 0 Å². The summed E-state index contributed by atoms with van der Waals surface area (Å²) in [7, 11) is 0. The van der Waals surface area contributed by atoms with Gasteiger partial charge in [0, 0.05) is 23.4 Å². The Bertz CT molecular complexity index is 1150. The van der Waals surface area contributed by atoms with Crippen molar-refractivity contribution in [1.29, 1.82) is 5.26 Å². The minimum absolute atomic E-state index is 0.0320. The van der Waals surface area contributed by atoms with Gasteiger partial charge >= 0.3 is 6.03 Å². The van der Waals surface area contributed by atoms with Gasteiger partial charge in [0.1, 0.15) is 0 Å². The Balaban J connectivity index is 1.47. The largest absolute Gasteiger partial charge is 0.322 e. The van der Waals surface area contributed by atoms with E-state index in [1.165, 1.54) is 0 Å². The topological polar surface area (TPSA) is 56.1 Å². The number of nitrogens with one attached hydrogen (secondary N) is 1. The van der Waals surface area contributed by atoms with Gasteiger partial charge in [0.2, 0.25) is 0 Å². The van der Waals surface area contributed by atoms with Gasteiger partial charge in [0.15, 0.2) is 0 Å². The lowest BCUT2D eigenvalue weighted by Crippen LogP contribution is -2.34. The maximum absolute atomic E-state index is 13.0. The molecule has 2 amide bonds. The van der Waals surface area contributed by atoms with Crippen molar-refractivity contribution in [2.45, 2.75) is 19.4 Å². The van der Waals surface area contributed by atoms with Gasteiger partial charge in [-0.2, -0.15) is 5.26 Å². The van der Waals surface area contributed by atoms with E-state index in [0.29, 0.717) is 23.7 Å². The SMILES string of the molecule is CC1C[C@@H](c2ccc(C#Cc3ccccc3)cc2)N(C(=O)Nc2ccc(C#N)cc2)C1. The Hall–Kier alpha value is -4.02. The van der Waals surface area contributed by atoms with Crippen LogP contribution in [-0.2, 0) is 0 Å². The van der Waals surface area contributed by atoms with Crippen molar-refractivity contribution in [1.82, 2.24) is 4.90 Å². The van der Waals surface area contributed by atoms with Gasteiger partial charge in [0.05, 0.1) is 17.7 Å².